The van der Waals surface area contributed by atoms with E-state index in [0.29, 0.717) is 6.54 Å². The van der Waals surface area contributed by atoms with Crippen LogP contribution in [0.4, 0.5) is 4.79 Å². The highest BCUT2D eigenvalue weighted by atomic mass is 16.4. The van der Waals surface area contributed by atoms with Gasteiger partial charge in [0.2, 0.25) is 0 Å². The van der Waals surface area contributed by atoms with Gasteiger partial charge in [-0.2, -0.15) is 0 Å². The molecule has 3 nitrogen and oxygen atoms in total. The van der Waals surface area contributed by atoms with E-state index in [2.05, 4.69) is 24.3 Å². The molecule has 0 saturated heterocycles. The number of hydrogen-bond acceptors (Lipinski definition) is 1. The second-order valence-electron chi connectivity index (χ2n) is 4.09. The van der Waals surface area contributed by atoms with E-state index in [-0.39, 0.29) is 0 Å². The number of fused-ring (bicyclic) bond motifs is 1. The van der Waals surface area contributed by atoms with Gasteiger partial charge in [0, 0.05) is 13.6 Å². The highest BCUT2D eigenvalue weighted by Crippen LogP contribution is 2.18. The number of benzene rings is 2. The van der Waals surface area contributed by atoms with Crippen molar-refractivity contribution in [1.29, 1.82) is 0 Å². The van der Waals surface area contributed by atoms with Gasteiger partial charge in [-0.3, -0.25) is 0 Å². The molecule has 0 aliphatic carbocycles. The molecule has 2 rings (SSSR count). The first-order chi connectivity index (χ1) is 8.18. The lowest BCUT2D eigenvalue weighted by molar-refractivity contribution is 0.156. The molecule has 88 valence electrons. The van der Waals surface area contributed by atoms with Crippen molar-refractivity contribution in [3.63, 3.8) is 0 Å². The lowest BCUT2D eigenvalue weighted by Crippen LogP contribution is -2.26. The van der Waals surface area contributed by atoms with E-state index in [9.17, 15) is 4.79 Å². The smallest absolute Gasteiger partial charge is 0.407 e. The van der Waals surface area contributed by atoms with Crippen LogP contribution in [0.3, 0.4) is 0 Å². The van der Waals surface area contributed by atoms with Crippen molar-refractivity contribution in [2.45, 2.75) is 6.42 Å². The summed E-state index contributed by atoms with van der Waals surface area (Å²) in [4.78, 5) is 12.0. The van der Waals surface area contributed by atoms with E-state index < -0.39 is 6.09 Å². The Labute approximate surface area is 100 Å². The highest BCUT2D eigenvalue weighted by Gasteiger charge is 2.06. The van der Waals surface area contributed by atoms with Gasteiger partial charge in [-0.1, -0.05) is 42.5 Å². The van der Waals surface area contributed by atoms with E-state index in [4.69, 9.17) is 5.11 Å². The zero-order valence-corrected chi connectivity index (χ0v) is 9.76. The van der Waals surface area contributed by atoms with E-state index in [1.54, 1.807) is 7.05 Å². The molecule has 2 aromatic carbocycles. The molecule has 2 aromatic rings. The van der Waals surface area contributed by atoms with Crippen molar-refractivity contribution in [2.24, 2.45) is 0 Å². The van der Waals surface area contributed by atoms with E-state index >= 15 is 0 Å². The van der Waals surface area contributed by atoms with Crippen LogP contribution in [-0.4, -0.2) is 29.7 Å². The summed E-state index contributed by atoms with van der Waals surface area (Å²) in [6.07, 6.45) is -0.144. The van der Waals surface area contributed by atoms with Crippen molar-refractivity contribution in [3.8, 4) is 0 Å². The Morgan fingerprint density at radius 3 is 2.65 bits per heavy atom. The fourth-order valence-electron chi connectivity index (χ4n) is 1.89. The number of carboxylic acid groups (broad SMARTS) is 1. The van der Waals surface area contributed by atoms with Crippen molar-refractivity contribution < 1.29 is 9.90 Å². The maximum Gasteiger partial charge on any atom is 0.407 e. The van der Waals surface area contributed by atoms with Crippen LogP contribution in [0.15, 0.2) is 42.5 Å². The average molecular weight is 229 g/mol. The number of carbonyl (C=O) groups is 1. The molecule has 0 aromatic heterocycles. The molecular formula is C14H15NO2. The van der Waals surface area contributed by atoms with E-state index in [0.717, 1.165) is 6.42 Å². The molecule has 0 unspecified atom stereocenters. The molecule has 0 radical (unpaired) electrons. The molecule has 0 spiro atoms. The topological polar surface area (TPSA) is 40.5 Å². The molecule has 0 bridgehead atoms. The summed E-state index contributed by atoms with van der Waals surface area (Å²) in [7, 11) is 1.59. The number of nitrogens with zero attached hydrogens (tertiary/aromatic N) is 1. The number of hydrogen-bond donors (Lipinski definition) is 1. The zero-order valence-electron chi connectivity index (χ0n) is 9.76. The number of likely N-dealkylation sites (N-methyl/N-ethyl adjacent to an activating group) is 1. The quantitative estimate of drug-likeness (QED) is 0.878. The van der Waals surface area contributed by atoms with Crippen LogP contribution in [0.5, 0.6) is 0 Å². The van der Waals surface area contributed by atoms with Gasteiger partial charge in [0.1, 0.15) is 0 Å². The largest absolute Gasteiger partial charge is 0.465 e. The van der Waals surface area contributed by atoms with Gasteiger partial charge < -0.3 is 10.0 Å². The predicted molar refractivity (Wildman–Crippen MR) is 68.3 cm³/mol. The normalized spacial score (nSPS) is 10.4. The summed E-state index contributed by atoms with van der Waals surface area (Å²) in [6.45, 7) is 0.517. The van der Waals surface area contributed by atoms with Crippen molar-refractivity contribution in [3.05, 3.63) is 48.0 Å². The van der Waals surface area contributed by atoms with Gasteiger partial charge in [-0.25, -0.2) is 4.79 Å². The lowest BCUT2D eigenvalue weighted by Gasteiger charge is -2.13. The Hall–Kier alpha value is -2.03. The Bertz CT molecular complexity index is 531. The van der Waals surface area contributed by atoms with Gasteiger partial charge in [0.15, 0.2) is 0 Å². The fraction of sp³-hybridized carbons (Fsp3) is 0.214. The monoisotopic (exact) mass is 229 g/mol. The van der Waals surface area contributed by atoms with E-state index in [1.807, 2.05) is 18.2 Å². The van der Waals surface area contributed by atoms with E-state index in [1.165, 1.54) is 21.2 Å². The number of rotatable bonds is 3. The fourth-order valence-corrected chi connectivity index (χ4v) is 1.89. The molecule has 1 N–H and O–H groups in total. The Balaban J connectivity index is 2.21. The predicted octanol–water partition coefficient (Wildman–Crippen LogP) is 2.99. The highest BCUT2D eigenvalue weighted by molar-refractivity contribution is 5.85. The minimum atomic E-state index is -0.884. The van der Waals surface area contributed by atoms with Gasteiger partial charge in [0.25, 0.3) is 0 Å². The second kappa shape index (κ2) is 4.87. The van der Waals surface area contributed by atoms with Crippen LogP contribution < -0.4 is 0 Å². The number of amides is 1. The standard InChI is InChI=1S/C14H15NO2/c1-15(14(16)17)10-9-12-7-4-6-11-5-2-3-8-13(11)12/h2-8H,9-10H2,1H3,(H,16,17). The molecule has 0 atom stereocenters. The third-order valence-electron chi connectivity index (χ3n) is 2.92. The maximum atomic E-state index is 10.7. The van der Waals surface area contributed by atoms with Crippen LogP contribution >= 0.6 is 0 Å². The molecule has 0 heterocycles. The third-order valence-corrected chi connectivity index (χ3v) is 2.92. The average Bonchev–Trinajstić information content (AvgIpc) is 2.35. The van der Waals surface area contributed by atoms with Crippen LogP contribution in [-0.2, 0) is 6.42 Å². The molecule has 0 aliphatic rings. The summed E-state index contributed by atoms with van der Waals surface area (Å²) in [5, 5.41) is 11.2. The summed E-state index contributed by atoms with van der Waals surface area (Å²) in [5.74, 6) is 0. The summed E-state index contributed by atoms with van der Waals surface area (Å²) in [6, 6.07) is 14.3. The molecule has 17 heavy (non-hydrogen) atoms. The lowest BCUT2D eigenvalue weighted by atomic mass is 10.0. The molecular weight excluding hydrogens is 214 g/mol. The Morgan fingerprint density at radius 2 is 1.88 bits per heavy atom. The van der Waals surface area contributed by atoms with Gasteiger partial charge in [0.05, 0.1) is 0 Å². The summed E-state index contributed by atoms with van der Waals surface area (Å²) < 4.78 is 0. The Morgan fingerprint density at radius 1 is 1.18 bits per heavy atom. The molecule has 0 fully saturated rings. The van der Waals surface area contributed by atoms with Crippen LogP contribution in [0.2, 0.25) is 0 Å². The van der Waals surface area contributed by atoms with Crippen molar-refractivity contribution in [1.82, 2.24) is 4.90 Å². The first-order valence-electron chi connectivity index (χ1n) is 5.59. The summed E-state index contributed by atoms with van der Waals surface area (Å²) in [5.41, 5.74) is 1.19. The maximum absolute atomic E-state index is 10.7. The molecule has 1 amide bonds. The second-order valence-corrected chi connectivity index (χ2v) is 4.09. The van der Waals surface area contributed by atoms with Crippen molar-refractivity contribution >= 4 is 16.9 Å². The minimum absolute atomic E-state index is 0.517. The third kappa shape index (κ3) is 2.56. The molecule has 0 saturated carbocycles. The minimum Gasteiger partial charge on any atom is -0.465 e. The Kier molecular flexibility index (Phi) is 3.28. The van der Waals surface area contributed by atoms with Crippen LogP contribution in [0.1, 0.15) is 5.56 Å². The first kappa shape index (κ1) is 11.5. The molecule has 0 aliphatic heterocycles. The zero-order chi connectivity index (χ0) is 12.3. The van der Waals surface area contributed by atoms with Crippen LogP contribution in [0.25, 0.3) is 10.8 Å². The first-order valence-corrected chi connectivity index (χ1v) is 5.59. The summed E-state index contributed by atoms with van der Waals surface area (Å²) >= 11 is 0. The van der Waals surface area contributed by atoms with Gasteiger partial charge >= 0.3 is 6.09 Å². The van der Waals surface area contributed by atoms with Gasteiger partial charge in [-0.05, 0) is 22.8 Å². The van der Waals surface area contributed by atoms with Crippen molar-refractivity contribution in [2.75, 3.05) is 13.6 Å². The van der Waals surface area contributed by atoms with Crippen LogP contribution in [0, 0.1) is 0 Å². The van der Waals surface area contributed by atoms with Gasteiger partial charge in [-0.15, -0.1) is 0 Å². The SMILES string of the molecule is CN(CCc1cccc2ccccc12)C(=O)O. The molecule has 3 heteroatoms.